The number of nitrogens with one attached hydrogen (secondary N) is 1. The van der Waals surface area contributed by atoms with E-state index in [1.54, 1.807) is 24.3 Å². The van der Waals surface area contributed by atoms with E-state index >= 15 is 0 Å². The second-order valence-corrected chi connectivity index (χ2v) is 9.33. The van der Waals surface area contributed by atoms with Gasteiger partial charge in [-0.05, 0) is 88.0 Å². The predicted molar refractivity (Wildman–Crippen MR) is 98.6 cm³/mol. The molecule has 4 aliphatic rings. The molecule has 5 atom stereocenters. The van der Waals surface area contributed by atoms with E-state index in [-0.39, 0.29) is 17.5 Å². The van der Waals surface area contributed by atoms with Crippen molar-refractivity contribution in [2.45, 2.75) is 63.1 Å². The summed E-state index contributed by atoms with van der Waals surface area (Å²) < 4.78 is 5.94. The van der Waals surface area contributed by atoms with Crippen LogP contribution in [0.15, 0.2) is 24.3 Å². The van der Waals surface area contributed by atoms with Crippen molar-refractivity contribution in [3.8, 4) is 5.75 Å². The molecule has 0 spiro atoms. The lowest BCUT2D eigenvalue weighted by atomic mass is 9.51. The third kappa shape index (κ3) is 3.26. The molecule has 3 N–H and O–H groups in total. The van der Waals surface area contributed by atoms with Crippen molar-refractivity contribution in [3.05, 3.63) is 29.3 Å². The van der Waals surface area contributed by atoms with Crippen LogP contribution >= 0.6 is 11.6 Å². The van der Waals surface area contributed by atoms with Crippen molar-refractivity contribution in [1.82, 2.24) is 5.32 Å². The molecule has 4 nitrogen and oxygen atoms in total. The van der Waals surface area contributed by atoms with Crippen LogP contribution in [0.4, 0.5) is 0 Å². The van der Waals surface area contributed by atoms with Gasteiger partial charge in [0.25, 0.3) is 5.91 Å². The molecule has 0 heterocycles. The van der Waals surface area contributed by atoms with Crippen molar-refractivity contribution in [2.75, 3.05) is 0 Å². The molecule has 1 aromatic rings. The Balaban J connectivity index is 1.43. The average Bonchev–Trinajstić information content (AvgIpc) is 2.51. The van der Waals surface area contributed by atoms with Gasteiger partial charge in [-0.3, -0.25) is 4.79 Å². The average molecular weight is 363 g/mol. The standard InChI is InChI=1S/C20H27ClN2O2/c1-19(2,25-16-5-3-15(21)4-6-16)18(24)23-17-13-7-12-8-14(17)11-20(22,9-12)10-13/h3-6,12-14,17H,7-11,22H2,1-2H3,(H,23,24)/t12?,13-,14+,17+,20+. The lowest BCUT2D eigenvalue weighted by Crippen LogP contribution is -2.66. The van der Waals surface area contributed by atoms with E-state index in [9.17, 15) is 4.79 Å². The monoisotopic (exact) mass is 362 g/mol. The van der Waals surface area contributed by atoms with Gasteiger partial charge in [0.2, 0.25) is 0 Å². The summed E-state index contributed by atoms with van der Waals surface area (Å²) in [6, 6.07) is 7.36. The van der Waals surface area contributed by atoms with Crippen molar-refractivity contribution in [1.29, 1.82) is 0 Å². The Kier molecular flexibility index (Phi) is 4.04. The molecular weight excluding hydrogens is 336 g/mol. The molecule has 25 heavy (non-hydrogen) atoms. The number of ether oxygens (including phenoxy) is 1. The van der Waals surface area contributed by atoms with Crippen LogP contribution in [-0.4, -0.2) is 23.1 Å². The number of halogens is 1. The van der Waals surface area contributed by atoms with Gasteiger partial charge in [-0.2, -0.15) is 0 Å². The fourth-order valence-electron chi connectivity index (χ4n) is 5.49. The Morgan fingerprint density at radius 1 is 1.20 bits per heavy atom. The molecule has 5 heteroatoms. The molecule has 0 radical (unpaired) electrons. The molecular formula is C20H27ClN2O2. The third-order valence-electron chi connectivity index (χ3n) is 6.35. The molecule has 1 aromatic carbocycles. The summed E-state index contributed by atoms with van der Waals surface area (Å²) in [5.41, 5.74) is 5.66. The van der Waals surface area contributed by atoms with E-state index in [2.05, 4.69) is 5.32 Å². The predicted octanol–water partition coefficient (Wildman–Crippen LogP) is 3.52. The zero-order valence-electron chi connectivity index (χ0n) is 14.9. The maximum Gasteiger partial charge on any atom is 0.263 e. The minimum Gasteiger partial charge on any atom is -0.478 e. The normalized spacial score (nSPS) is 36.3. The minimum absolute atomic E-state index is 0.0209. The lowest BCUT2D eigenvalue weighted by Gasteiger charge is -2.59. The minimum atomic E-state index is -0.928. The summed E-state index contributed by atoms with van der Waals surface area (Å²) in [5, 5.41) is 3.96. The summed E-state index contributed by atoms with van der Waals surface area (Å²) >= 11 is 5.91. The lowest BCUT2D eigenvalue weighted by molar-refractivity contribution is -0.138. The second-order valence-electron chi connectivity index (χ2n) is 8.90. The van der Waals surface area contributed by atoms with Crippen LogP contribution in [0.5, 0.6) is 5.75 Å². The zero-order valence-corrected chi connectivity index (χ0v) is 15.7. The molecule has 4 saturated carbocycles. The van der Waals surface area contributed by atoms with Crippen LogP contribution in [0, 0.1) is 17.8 Å². The maximum absolute atomic E-state index is 12.9. The highest BCUT2D eigenvalue weighted by Gasteiger charge is 2.54. The topological polar surface area (TPSA) is 64.3 Å². The van der Waals surface area contributed by atoms with Gasteiger partial charge < -0.3 is 15.8 Å². The first-order chi connectivity index (χ1) is 11.7. The first-order valence-electron chi connectivity index (χ1n) is 9.29. The second kappa shape index (κ2) is 5.88. The fourth-order valence-corrected chi connectivity index (χ4v) is 5.62. The van der Waals surface area contributed by atoms with E-state index in [0.717, 1.165) is 18.8 Å². The first kappa shape index (κ1) is 17.2. The van der Waals surface area contributed by atoms with Gasteiger partial charge in [0.05, 0.1) is 0 Å². The number of nitrogens with two attached hydrogens (primary N) is 1. The summed E-state index contributed by atoms with van der Waals surface area (Å²) in [6.45, 7) is 3.63. The van der Waals surface area contributed by atoms with Crippen LogP contribution in [0.1, 0.15) is 46.0 Å². The molecule has 0 aliphatic heterocycles. The zero-order chi connectivity index (χ0) is 17.8. The fraction of sp³-hybridized carbons (Fsp3) is 0.650. The highest BCUT2D eigenvalue weighted by molar-refractivity contribution is 6.30. The third-order valence-corrected chi connectivity index (χ3v) is 6.60. The smallest absolute Gasteiger partial charge is 0.263 e. The number of hydrogen-bond acceptors (Lipinski definition) is 3. The highest BCUT2D eigenvalue weighted by atomic mass is 35.5. The number of benzene rings is 1. The first-order valence-corrected chi connectivity index (χ1v) is 9.66. The molecule has 4 fully saturated rings. The number of carbonyl (C=O) groups is 1. The van der Waals surface area contributed by atoms with Gasteiger partial charge >= 0.3 is 0 Å². The molecule has 136 valence electrons. The van der Waals surface area contributed by atoms with Crippen molar-refractivity contribution in [2.24, 2.45) is 23.5 Å². The van der Waals surface area contributed by atoms with Crippen molar-refractivity contribution >= 4 is 17.5 Å². The van der Waals surface area contributed by atoms with Crippen molar-refractivity contribution in [3.63, 3.8) is 0 Å². The van der Waals surface area contributed by atoms with Crippen molar-refractivity contribution < 1.29 is 9.53 Å². The molecule has 4 aliphatic carbocycles. The number of rotatable bonds is 4. The molecule has 0 saturated heterocycles. The molecule has 1 unspecified atom stereocenters. The Morgan fingerprint density at radius 3 is 2.36 bits per heavy atom. The van der Waals surface area contributed by atoms with Gasteiger partial charge in [0.1, 0.15) is 5.75 Å². The number of hydrogen-bond donors (Lipinski definition) is 2. The van der Waals surface area contributed by atoms with E-state index < -0.39 is 5.60 Å². The largest absolute Gasteiger partial charge is 0.478 e. The Morgan fingerprint density at radius 2 is 1.80 bits per heavy atom. The molecule has 0 aromatic heterocycles. The van der Waals surface area contributed by atoms with Crippen LogP contribution in [0.25, 0.3) is 0 Å². The van der Waals surface area contributed by atoms with Gasteiger partial charge in [0, 0.05) is 16.6 Å². The van der Waals surface area contributed by atoms with Gasteiger partial charge in [0.15, 0.2) is 5.60 Å². The van der Waals surface area contributed by atoms with Crippen LogP contribution in [0.3, 0.4) is 0 Å². The number of carbonyl (C=O) groups excluding carboxylic acids is 1. The van der Waals surface area contributed by atoms with E-state index in [0.29, 0.717) is 22.6 Å². The molecule has 4 bridgehead atoms. The Labute approximate surface area is 154 Å². The Hall–Kier alpha value is -1.26. The molecule has 1 amide bonds. The van der Waals surface area contributed by atoms with E-state index in [4.69, 9.17) is 22.1 Å². The summed E-state index contributed by atoms with van der Waals surface area (Å²) in [5.74, 6) is 2.40. The molecule has 5 rings (SSSR count). The van der Waals surface area contributed by atoms with Crippen LogP contribution in [0.2, 0.25) is 5.02 Å². The summed E-state index contributed by atoms with van der Waals surface area (Å²) in [6.07, 6.45) is 5.68. The van der Waals surface area contributed by atoms with Gasteiger partial charge in [-0.15, -0.1) is 0 Å². The van der Waals surface area contributed by atoms with E-state index in [1.807, 2.05) is 13.8 Å². The highest BCUT2D eigenvalue weighted by Crippen LogP contribution is 2.54. The summed E-state index contributed by atoms with van der Waals surface area (Å²) in [4.78, 5) is 12.9. The SMILES string of the molecule is CC(C)(Oc1ccc(Cl)cc1)C(=O)N[C@H]1[C@@H]2CC3C[C@H]1C[C@](N)(C3)C2. The van der Waals surface area contributed by atoms with E-state index in [1.165, 1.54) is 19.3 Å². The number of amides is 1. The van der Waals surface area contributed by atoms with Crippen LogP contribution < -0.4 is 15.8 Å². The van der Waals surface area contributed by atoms with Crippen LogP contribution in [-0.2, 0) is 4.79 Å². The Bertz CT molecular complexity index is 657. The maximum atomic E-state index is 12.9. The van der Waals surface area contributed by atoms with Gasteiger partial charge in [-0.1, -0.05) is 11.6 Å². The quantitative estimate of drug-likeness (QED) is 0.861. The summed E-state index contributed by atoms with van der Waals surface area (Å²) in [7, 11) is 0. The van der Waals surface area contributed by atoms with Gasteiger partial charge in [-0.25, -0.2) is 0 Å².